The maximum atomic E-state index is 10.7. The zero-order chi connectivity index (χ0) is 23.4. The lowest BCUT2D eigenvalue weighted by Crippen LogP contribution is -2.43. The Morgan fingerprint density at radius 2 is 1.03 bits per heavy atom. The number of phosphoric ester groups is 1. The number of nitrogen functional groups attached to an aromatic ring is 3. The lowest BCUT2D eigenvalue weighted by molar-refractivity contribution is -0.102. The molecule has 0 atom stereocenters. The minimum atomic E-state index is -4.77. The number of anilines is 3. The van der Waals surface area contributed by atoms with E-state index in [4.69, 9.17) is 47.0 Å². The molecule has 0 bridgehead atoms. The average molecular weight is 460 g/mol. The minimum Gasteiger partial charge on any atom is -0.396 e. The Morgan fingerprint density at radius 3 is 1.33 bits per heavy atom. The number of aromatic nitrogens is 3. The number of hydrogen-bond donors (Lipinski definition) is 10. The maximum Gasteiger partial charge on any atom is 0.469 e. The average Bonchev–Trinajstić information content (AvgIpc) is 2.67. The van der Waals surface area contributed by atoms with Crippen molar-refractivity contribution in [1.82, 2.24) is 15.0 Å². The standard InChI is InChI=1S/C10H23O10P.C3H6N6/c11-1-9(2-12,3-13)6-19-7-10(4-14,5-15)8-20-21(16,17)18;4-1-7-2(5)9-3(6)8-1/h11-15H,1-8H2,(H2,16,17,18);(H6,4,5,6,7,8,9). The molecule has 0 aromatic carbocycles. The molecule has 0 amide bonds. The molecule has 0 radical (unpaired) electrons. The Hall–Kier alpha value is -1.72. The van der Waals surface area contributed by atoms with E-state index in [0.717, 1.165) is 0 Å². The zero-order valence-electron chi connectivity index (χ0n) is 16.0. The van der Waals surface area contributed by atoms with Gasteiger partial charge in [-0.05, 0) is 0 Å². The number of nitrogens with zero attached hydrogens (tertiary/aromatic N) is 3. The normalized spacial score (nSPS) is 12.4. The van der Waals surface area contributed by atoms with Crippen molar-refractivity contribution in [2.24, 2.45) is 10.8 Å². The van der Waals surface area contributed by atoms with E-state index in [-0.39, 0.29) is 31.1 Å². The van der Waals surface area contributed by atoms with Gasteiger partial charge in [0.25, 0.3) is 0 Å². The summed E-state index contributed by atoms with van der Waals surface area (Å²) < 4.78 is 20.1. The first-order valence-corrected chi connectivity index (χ1v) is 9.78. The van der Waals surface area contributed by atoms with Gasteiger partial charge in [0, 0.05) is 0 Å². The van der Waals surface area contributed by atoms with Crippen LogP contribution in [0.3, 0.4) is 0 Å². The van der Waals surface area contributed by atoms with Gasteiger partial charge in [0.2, 0.25) is 17.8 Å². The van der Waals surface area contributed by atoms with Crippen molar-refractivity contribution in [3.05, 3.63) is 0 Å². The van der Waals surface area contributed by atoms with E-state index in [1.807, 2.05) is 0 Å². The van der Waals surface area contributed by atoms with Crippen molar-refractivity contribution < 1.29 is 49.1 Å². The van der Waals surface area contributed by atoms with Gasteiger partial charge in [-0.1, -0.05) is 0 Å². The molecular weight excluding hydrogens is 431 g/mol. The Bertz CT molecular complexity index is 611. The molecular formula is C13H29N6O10P. The molecule has 0 aliphatic heterocycles. The van der Waals surface area contributed by atoms with Gasteiger partial charge in [-0.25, -0.2) is 4.57 Å². The van der Waals surface area contributed by atoms with Crippen LogP contribution in [0.5, 0.6) is 0 Å². The van der Waals surface area contributed by atoms with E-state index in [9.17, 15) is 14.8 Å². The third kappa shape index (κ3) is 10.4. The van der Waals surface area contributed by atoms with Crippen LogP contribution in [0.4, 0.5) is 17.8 Å². The molecule has 16 nitrogen and oxygen atoms in total. The third-order valence-electron chi connectivity index (χ3n) is 3.72. The van der Waals surface area contributed by atoms with Crippen LogP contribution in [0.1, 0.15) is 0 Å². The SMILES string of the molecule is Nc1nc(N)nc(N)n1.O=P(O)(O)OCC(CO)(CO)COCC(CO)(CO)CO. The molecule has 0 saturated carbocycles. The quantitative estimate of drug-likeness (QED) is 0.132. The lowest BCUT2D eigenvalue weighted by atomic mass is 9.91. The largest absolute Gasteiger partial charge is 0.469 e. The highest BCUT2D eigenvalue weighted by molar-refractivity contribution is 7.46. The number of phosphoric acid groups is 1. The number of ether oxygens (including phenoxy) is 1. The summed E-state index contributed by atoms with van der Waals surface area (Å²) in [5.74, 6) is 0.125. The zero-order valence-corrected chi connectivity index (χ0v) is 16.9. The summed E-state index contributed by atoms with van der Waals surface area (Å²) in [6.07, 6.45) is 0. The topological polar surface area (TPSA) is 294 Å². The Kier molecular flexibility index (Phi) is 12.1. The fraction of sp³-hybridized carbons (Fsp3) is 0.769. The second-order valence-electron chi connectivity index (χ2n) is 6.46. The monoisotopic (exact) mass is 460 g/mol. The first-order valence-electron chi connectivity index (χ1n) is 8.25. The summed E-state index contributed by atoms with van der Waals surface area (Å²) >= 11 is 0. The fourth-order valence-electron chi connectivity index (χ4n) is 1.69. The van der Waals surface area contributed by atoms with Crippen molar-refractivity contribution in [2.75, 3.05) is 70.1 Å². The van der Waals surface area contributed by atoms with Gasteiger partial charge < -0.3 is 57.3 Å². The van der Waals surface area contributed by atoms with Gasteiger partial charge in [0.05, 0.1) is 63.7 Å². The molecule has 1 heterocycles. The van der Waals surface area contributed by atoms with Gasteiger partial charge in [-0.3, -0.25) is 4.52 Å². The van der Waals surface area contributed by atoms with Crippen LogP contribution in [0.25, 0.3) is 0 Å². The summed E-state index contributed by atoms with van der Waals surface area (Å²) in [4.78, 5) is 27.7. The third-order valence-corrected chi connectivity index (χ3v) is 4.19. The Labute approximate surface area is 171 Å². The van der Waals surface area contributed by atoms with E-state index in [2.05, 4.69) is 19.5 Å². The number of aliphatic hydroxyl groups excluding tert-OH is 5. The molecule has 0 spiro atoms. The number of hydrogen-bond acceptors (Lipinski definition) is 14. The van der Waals surface area contributed by atoms with Gasteiger partial charge in [0.1, 0.15) is 0 Å². The Morgan fingerprint density at radius 1 is 0.700 bits per heavy atom. The summed E-state index contributed by atoms with van der Waals surface area (Å²) in [7, 11) is -4.77. The van der Waals surface area contributed by atoms with E-state index >= 15 is 0 Å². The first kappa shape index (κ1) is 28.3. The molecule has 0 aliphatic rings. The fourth-order valence-corrected chi connectivity index (χ4v) is 2.14. The molecule has 0 unspecified atom stereocenters. The van der Waals surface area contributed by atoms with Gasteiger partial charge in [0.15, 0.2) is 0 Å². The molecule has 0 saturated heterocycles. The molecule has 176 valence electrons. The molecule has 13 N–H and O–H groups in total. The first-order chi connectivity index (χ1) is 13.9. The van der Waals surface area contributed by atoms with Crippen LogP contribution in [0, 0.1) is 10.8 Å². The predicted octanol–water partition coefficient (Wildman–Crippen LogP) is -4.34. The summed E-state index contributed by atoms with van der Waals surface area (Å²) in [5.41, 5.74) is 12.7. The predicted molar refractivity (Wildman–Crippen MR) is 102 cm³/mol. The van der Waals surface area contributed by atoms with Crippen LogP contribution in [0.15, 0.2) is 0 Å². The molecule has 1 aromatic heterocycles. The highest BCUT2D eigenvalue weighted by Crippen LogP contribution is 2.38. The van der Waals surface area contributed by atoms with Gasteiger partial charge >= 0.3 is 7.82 Å². The maximum absolute atomic E-state index is 10.7. The molecule has 1 rings (SSSR count). The van der Waals surface area contributed by atoms with E-state index in [1.54, 1.807) is 0 Å². The van der Waals surface area contributed by atoms with Crippen LogP contribution in [-0.2, 0) is 13.8 Å². The van der Waals surface area contributed by atoms with Crippen molar-refractivity contribution in [2.45, 2.75) is 0 Å². The van der Waals surface area contributed by atoms with E-state index in [0.29, 0.717) is 0 Å². The molecule has 30 heavy (non-hydrogen) atoms. The van der Waals surface area contributed by atoms with Crippen molar-refractivity contribution >= 4 is 25.7 Å². The highest BCUT2D eigenvalue weighted by atomic mass is 31.2. The van der Waals surface area contributed by atoms with Crippen LogP contribution >= 0.6 is 7.82 Å². The smallest absolute Gasteiger partial charge is 0.396 e. The molecule has 17 heteroatoms. The van der Waals surface area contributed by atoms with E-state index in [1.165, 1.54) is 0 Å². The second kappa shape index (κ2) is 12.9. The van der Waals surface area contributed by atoms with Crippen LogP contribution in [-0.4, -0.2) is 103 Å². The summed E-state index contributed by atoms with van der Waals surface area (Å²) in [6.45, 7) is -4.30. The molecule has 0 fully saturated rings. The van der Waals surface area contributed by atoms with Crippen LogP contribution in [0.2, 0.25) is 0 Å². The van der Waals surface area contributed by atoms with E-state index < -0.39 is 58.3 Å². The highest BCUT2D eigenvalue weighted by Gasteiger charge is 2.35. The lowest BCUT2D eigenvalue weighted by Gasteiger charge is -2.32. The Balaban J connectivity index is 0.000000769. The number of nitrogens with two attached hydrogens (primary N) is 3. The van der Waals surface area contributed by atoms with Gasteiger partial charge in [-0.15, -0.1) is 0 Å². The molecule has 1 aromatic rings. The van der Waals surface area contributed by atoms with Gasteiger partial charge in [-0.2, -0.15) is 15.0 Å². The van der Waals surface area contributed by atoms with Crippen LogP contribution < -0.4 is 17.2 Å². The molecule has 0 aliphatic carbocycles. The number of aliphatic hydroxyl groups is 5. The van der Waals surface area contributed by atoms with Crippen molar-refractivity contribution in [3.8, 4) is 0 Å². The number of rotatable bonds is 12. The summed E-state index contributed by atoms with van der Waals surface area (Å²) in [6, 6.07) is 0. The second-order valence-corrected chi connectivity index (χ2v) is 7.70. The minimum absolute atomic E-state index is 0.0417. The summed E-state index contributed by atoms with van der Waals surface area (Å²) in [5, 5.41) is 45.8. The van der Waals surface area contributed by atoms with Crippen molar-refractivity contribution in [1.29, 1.82) is 0 Å². The van der Waals surface area contributed by atoms with Crippen molar-refractivity contribution in [3.63, 3.8) is 0 Å².